The van der Waals surface area contributed by atoms with E-state index in [-0.39, 0.29) is 0 Å². The maximum absolute atomic E-state index is 5.87. The van der Waals surface area contributed by atoms with Gasteiger partial charge < -0.3 is 0 Å². The molecular weight excluding hydrogens is 238 g/mol. The van der Waals surface area contributed by atoms with Crippen molar-refractivity contribution in [1.82, 2.24) is 4.98 Å². The summed E-state index contributed by atoms with van der Waals surface area (Å²) in [6.07, 6.45) is 1.82. The van der Waals surface area contributed by atoms with Crippen molar-refractivity contribution < 1.29 is 0 Å². The molecule has 1 nitrogen and oxygen atoms in total. The zero-order valence-electron chi connectivity index (χ0n) is 8.35. The van der Waals surface area contributed by atoms with Gasteiger partial charge in [0.2, 0.25) is 0 Å². The molecule has 0 fully saturated rings. The molecule has 2 heterocycles. The van der Waals surface area contributed by atoms with Gasteiger partial charge in [0.15, 0.2) is 0 Å². The summed E-state index contributed by atoms with van der Waals surface area (Å²) in [4.78, 5) is 5.34. The van der Waals surface area contributed by atoms with Gasteiger partial charge in [-0.25, -0.2) is 4.98 Å². The Labute approximate surface area is 102 Å². The van der Waals surface area contributed by atoms with Crippen LogP contribution in [0, 0.1) is 0 Å². The maximum atomic E-state index is 5.87. The Kier molecular flexibility index (Phi) is 2.39. The predicted molar refractivity (Wildman–Crippen MR) is 70.1 cm³/mol. The normalized spacial score (nSPS) is 10.8. The molecule has 1 aromatic carbocycles. The molecule has 0 amide bonds. The summed E-state index contributed by atoms with van der Waals surface area (Å²) < 4.78 is 1.18. The second-order valence-corrected chi connectivity index (χ2v) is 4.99. The second-order valence-electron chi connectivity index (χ2n) is 3.52. The molecule has 0 aliphatic heterocycles. The van der Waals surface area contributed by atoms with E-state index in [1.54, 1.807) is 11.3 Å². The third-order valence-corrected chi connectivity index (χ3v) is 3.78. The topological polar surface area (TPSA) is 12.9 Å². The van der Waals surface area contributed by atoms with Crippen LogP contribution in [0.15, 0.2) is 48.7 Å². The molecular formula is C13H8ClNS. The summed E-state index contributed by atoms with van der Waals surface area (Å²) >= 11 is 7.61. The molecule has 0 saturated carbocycles. The fourth-order valence-corrected chi connectivity index (χ4v) is 2.95. The van der Waals surface area contributed by atoms with Crippen molar-refractivity contribution in [1.29, 1.82) is 0 Å². The first kappa shape index (κ1) is 9.82. The molecule has 3 aromatic rings. The molecule has 0 bridgehead atoms. The Morgan fingerprint density at radius 3 is 2.69 bits per heavy atom. The van der Waals surface area contributed by atoms with E-state index in [0.717, 1.165) is 5.39 Å². The average molecular weight is 246 g/mol. The van der Waals surface area contributed by atoms with Gasteiger partial charge in [0.25, 0.3) is 0 Å². The largest absolute Gasteiger partial charge is 0.244 e. The highest BCUT2D eigenvalue weighted by Gasteiger charge is 2.04. The number of fused-ring (bicyclic) bond motifs is 1. The van der Waals surface area contributed by atoms with Crippen LogP contribution in [-0.4, -0.2) is 4.98 Å². The third kappa shape index (κ3) is 1.70. The van der Waals surface area contributed by atoms with Gasteiger partial charge >= 0.3 is 0 Å². The average Bonchev–Trinajstić information content (AvgIpc) is 2.73. The number of halogens is 1. The van der Waals surface area contributed by atoms with Crippen LogP contribution >= 0.6 is 22.9 Å². The summed E-state index contributed by atoms with van der Waals surface area (Å²) in [7, 11) is 0. The fourth-order valence-electron chi connectivity index (χ4n) is 1.65. The molecule has 0 unspecified atom stereocenters. The SMILES string of the molecule is Clc1cc2sc(-c3ccccc3)cc2cn1. The number of pyridine rings is 1. The van der Waals surface area contributed by atoms with Crippen molar-refractivity contribution >= 4 is 33.0 Å². The maximum Gasteiger partial charge on any atom is 0.130 e. The first-order chi connectivity index (χ1) is 7.83. The van der Waals surface area contributed by atoms with Crippen LogP contribution in [0.5, 0.6) is 0 Å². The van der Waals surface area contributed by atoms with Crippen molar-refractivity contribution in [3.63, 3.8) is 0 Å². The molecule has 0 spiro atoms. The Morgan fingerprint density at radius 1 is 1.06 bits per heavy atom. The van der Waals surface area contributed by atoms with Gasteiger partial charge in [-0.05, 0) is 17.7 Å². The van der Waals surface area contributed by atoms with E-state index in [4.69, 9.17) is 11.6 Å². The van der Waals surface area contributed by atoms with Crippen molar-refractivity contribution in [2.75, 3.05) is 0 Å². The van der Waals surface area contributed by atoms with E-state index in [1.807, 2.05) is 30.5 Å². The van der Waals surface area contributed by atoms with E-state index in [2.05, 4.69) is 23.2 Å². The molecule has 78 valence electrons. The van der Waals surface area contributed by atoms with Crippen molar-refractivity contribution in [2.24, 2.45) is 0 Å². The molecule has 3 heteroatoms. The highest BCUT2D eigenvalue weighted by atomic mass is 35.5. The van der Waals surface area contributed by atoms with Gasteiger partial charge in [0.1, 0.15) is 5.15 Å². The quantitative estimate of drug-likeness (QED) is 0.570. The third-order valence-electron chi connectivity index (χ3n) is 2.43. The second kappa shape index (κ2) is 3.89. The van der Waals surface area contributed by atoms with Gasteiger partial charge in [-0.3, -0.25) is 0 Å². The predicted octanol–water partition coefficient (Wildman–Crippen LogP) is 4.62. The lowest BCUT2D eigenvalue weighted by Crippen LogP contribution is -1.70. The van der Waals surface area contributed by atoms with Gasteiger partial charge in [0, 0.05) is 21.2 Å². The number of rotatable bonds is 1. The highest BCUT2D eigenvalue weighted by Crippen LogP contribution is 2.33. The van der Waals surface area contributed by atoms with Crippen LogP contribution in [0.4, 0.5) is 0 Å². The van der Waals surface area contributed by atoms with Crippen LogP contribution in [0.25, 0.3) is 20.5 Å². The molecule has 0 N–H and O–H groups in total. The number of nitrogens with zero attached hydrogens (tertiary/aromatic N) is 1. The first-order valence-electron chi connectivity index (χ1n) is 4.93. The van der Waals surface area contributed by atoms with Crippen LogP contribution in [0.3, 0.4) is 0 Å². The summed E-state index contributed by atoms with van der Waals surface area (Å²) in [5, 5.41) is 1.70. The zero-order chi connectivity index (χ0) is 11.0. The van der Waals surface area contributed by atoms with E-state index < -0.39 is 0 Å². The van der Waals surface area contributed by atoms with Gasteiger partial charge in [-0.1, -0.05) is 41.9 Å². The summed E-state index contributed by atoms with van der Waals surface area (Å²) in [6.45, 7) is 0. The van der Waals surface area contributed by atoms with Crippen molar-refractivity contribution in [2.45, 2.75) is 0 Å². The molecule has 0 aliphatic rings. The highest BCUT2D eigenvalue weighted by molar-refractivity contribution is 7.22. The number of hydrogen-bond acceptors (Lipinski definition) is 2. The van der Waals surface area contributed by atoms with Crippen LogP contribution < -0.4 is 0 Å². The van der Waals surface area contributed by atoms with Gasteiger partial charge in [-0.2, -0.15) is 0 Å². The summed E-state index contributed by atoms with van der Waals surface area (Å²) in [6, 6.07) is 14.4. The van der Waals surface area contributed by atoms with Gasteiger partial charge in [0.05, 0.1) is 0 Å². The Hall–Kier alpha value is -1.38. The molecule has 0 radical (unpaired) electrons. The first-order valence-corrected chi connectivity index (χ1v) is 6.13. The molecule has 2 aromatic heterocycles. The Morgan fingerprint density at radius 2 is 1.88 bits per heavy atom. The molecule has 3 rings (SSSR count). The molecule has 0 saturated heterocycles. The number of hydrogen-bond donors (Lipinski definition) is 0. The molecule has 0 atom stereocenters. The van der Waals surface area contributed by atoms with Crippen LogP contribution in [-0.2, 0) is 0 Å². The smallest absolute Gasteiger partial charge is 0.130 e. The fraction of sp³-hybridized carbons (Fsp3) is 0. The van der Waals surface area contributed by atoms with E-state index in [1.165, 1.54) is 15.1 Å². The number of thiophene rings is 1. The minimum absolute atomic E-state index is 0.550. The minimum atomic E-state index is 0.550. The monoisotopic (exact) mass is 245 g/mol. The van der Waals surface area contributed by atoms with Crippen LogP contribution in [0.2, 0.25) is 5.15 Å². The number of benzene rings is 1. The Balaban J connectivity index is 2.19. The lowest BCUT2D eigenvalue weighted by atomic mass is 10.2. The van der Waals surface area contributed by atoms with Gasteiger partial charge in [-0.15, -0.1) is 11.3 Å². The summed E-state index contributed by atoms with van der Waals surface area (Å²) in [5.41, 5.74) is 1.24. The standard InChI is InChI=1S/C13H8ClNS/c14-13-7-12-10(8-15-13)6-11(16-12)9-4-2-1-3-5-9/h1-8H. The van der Waals surface area contributed by atoms with Crippen molar-refractivity contribution in [3.8, 4) is 10.4 Å². The number of aromatic nitrogens is 1. The summed E-state index contributed by atoms with van der Waals surface area (Å²) in [5.74, 6) is 0. The molecule has 16 heavy (non-hydrogen) atoms. The van der Waals surface area contributed by atoms with E-state index >= 15 is 0 Å². The Bertz CT molecular complexity index is 631. The van der Waals surface area contributed by atoms with Crippen molar-refractivity contribution in [3.05, 3.63) is 53.8 Å². The minimum Gasteiger partial charge on any atom is -0.244 e. The lowest BCUT2D eigenvalue weighted by molar-refractivity contribution is 1.37. The van der Waals surface area contributed by atoms with Crippen LogP contribution in [0.1, 0.15) is 0 Å². The van der Waals surface area contributed by atoms with E-state index in [9.17, 15) is 0 Å². The zero-order valence-corrected chi connectivity index (χ0v) is 9.92. The molecule has 0 aliphatic carbocycles. The van der Waals surface area contributed by atoms with E-state index in [0.29, 0.717) is 5.15 Å². The lowest BCUT2D eigenvalue weighted by Gasteiger charge is -1.93.